The minimum Gasteiger partial charge on any atom is -0.496 e. The number of rotatable bonds is 8. The van der Waals surface area contributed by atoms with Gasteiger partial charge in [0.05, 0.1) is 32.7 Å². The van der Waals surface area contributed by atoms with Crippen molar-refractivity contribution >= 4 is 16.0 Å². The summed E-state index contributed by atoms with van der Waals surface area (Å²) in [5, 5.41) is 0. The van der Waals surface area contributed by atoms with Crippen LogP contribution in [0.4, 0.5) is 0 Å². The molecular weight excluding hydrogens is 362 g/mol. The molecule has 1 aromatic carbocycles. The second-order valence-corrected chi connectivity index (χ2v) is 8.84. The van der Waals surface area contributed by atoms with Crippen LogP contribution in [-0.4, -0.2) is 47.1 Å². The topological polar surface area (TPSA) is 100 Å². The van der Waals surface area contributed by atoms with Gasteiger partial charge in [0.1, 0.15) is 11.8 Å². The summed E-state index contributed by atoms with van der Waals surface area (Å²) in [6, 6.07) is 1.71. The van der Waals surface area contributed by atoms with Crippen LogP contribution >= 0.6 is 0 Å². The van der Waals surface area contributed by atoms with E-state index in [9.17, 15) is 13.2 Å². The molecule has 0 spiro atoms. The Balaban J connectivity index is 3.55. The zero-order valence-electron chi connectivity index (χ0n) is 16.2. The molecule has 0 aliphatic carbocycles. The maximum atomic E-state index is 12.6. The fourth-order valence-electron chi connectivity index (χ4n) is 2.07. The van der Waals surface area contributed by atoms with Crippen molar-refractivity contribution < 1.29 is 32.2 Å². The Morgan fingerprint density at radius 1 is 1.04 bits per heavy atom. The zero-order valence-corrected chi connectivity index (χ0v) is 17.0. The van der Waals surface area contributed by atoms with Crippen molar-refractivity contribution in [3.05, 3.63) is 17.7 Å². The largest absolute Gasteiger partial charge is 0.496 e. The van der Waals surface area contributed by atoms with E-state index in [1.807, 2.05) is 0 Å². The van der Waals surface area contributed by atoms with Crippen LogP contribution < -0.4 is 18.9 Å². The van der Waals surface area contributed by atoms with Gasteiger partial charge in [-0.1, -0.05) is 0 Å². The first-order valence-corrected chi connectivity index (χ1v) is 9.49. The third-order valence-electron chi connectivity index (χ3n) is 3.65. The van der Waals surface area contributed by atoms with Crippen molar-refractivity contribution in [1.29, 1.82) is 0 Å². The molecule has 0 heterocycles. The molecule has 0 amide bonds. The minimum absolute atomic E-state index is 0.0994. The van der Waals surface area contributed by atoms with E-state index in [2.05, 4.69) is 4.72 Å². The summed E-state index contributed by atoms with van der Waals surface area (Å²) >= 11 is 0. The van der Waals surface area contributed by atoms with Crippen molar-refractivity contribution in [3.8, 4) is 17.2 Å². The van der Waals surface area contributed by atoms with Gasteiger partial charge in [0.25, 0.3) is 0 Å². The minimum atomic E-state index is -3.85. The van der Waals surface area contributed by atoms with E-state index in [0.717, 1.165) is 0 Å². The maximum absolute atomic E-state index is 12.6. The highest BCUT2D eigenvalue weighted by Gasteiger charge is 2.37. The Hall–Kier alpha value is -2.00. The predicted octanol–water partition coefficient (Wildman–Crippen LogP) is 2.03. The van der Waals surface area contributed by atoms with Gasteiger partial charge in [0, 0.05) is 11.6 Å². The fraction of sp³-hybridized carbons (Fsp3) is 0.588. The summed E-state index contributed by atoms with van der Waals surface area (Å²) in [4.78, 5) is 12.5. The highest BCUT2D eigenvalue weighted by molar-refractivity contribution is 7.90. The highest BCUT2D eigenvalue weighted by atomic mass is 32.2. The molecule has 0 bridgehead atoms. The number of esters is 1. The summed E-state index contributed by atoms with van der Waals surface area (Å²) in [6.45, 7) is 6.33. The Morgan fingerprint density at radius 2 is 1.54 bits per heavy atom. The number of hydrogen-bond acceptors (Lipinski definition) is 7. The highest BCUT2D eigenvalue weighted by Crippen LogP contribution is 2.38. The third kappa shape index (κ3) is 4.79. The van der Waals surface area contributed by atoms with Gasteiger partial charge in [-0.2, -0.15) is 4.72 Å². The molecule has 0 fully saturated rings. The van der Waals surface area contributed by atoms with Crippen molar-refractivity contribution in [1.82, 2.24) is 4.72 Å². The number of nitrogens with one attached hydrogen (secondary N) is 1. The number of benzene rings is 1. The first-order chi connectivity index (χ1) is 12.0. The summed E-state index contributed by atoms with van der Waals surface area (Å²) in [6.07, 6.45) is 0. The molecule has 1 N–H and O–H groups in total. The molecule has 0 saturated heterocycles. The van der Waals surface area contributed by atoms with Crippen LogP contribution in [0.5, 0.6) is 17.2 Å². The first kappa shape index (κ1) is 22.0. The Morgan fingerprint density at radius 3 is 1.96 bits per heavy atom. The van der Waals surface area contributed by atoms with Gasteiger partial charge in [-0.15, -0.1) is 0 Å². The van der Waals surface area contributed by atoms with Gasteiger partial charge in [-0.05, 0) is 33.8 Å². The molecule has 148 valence electrons. The summed E-state index contributed by atoms with van der Waals surface area (Å²) in [5.74, 6) is 0.227. The smallest absolute Gasteiger partial charge is 0.328 e. The second kappa shape index (κ2) is 8.59. The lowest BCUT2D eigenvalue weighted by molar-refractivity contribution is -0.145. The van der Waals surface area contributed by atoms with Crippen LogP contribution in [-0.2, 0) is 19.6 Å². The molecule has 0 radical (unpaired) electrons. The molecule has 26 heavy (non-hydrogen) atoms. The lowest BCUT2D eigenvalue weighted by atomic mass is 10.1. The molecule has 1 atom stereocenters. The van der Waals surface area contributed by atoms with Gasteiger partial charge >= 0.3 is 5.97 Å². The first-order valence-electron chi connectivity index (χ1n) is 8.00. The van der Waals surface area contributed by atoms with E-state index >= 15 is 0 Å². The number of hydrogen-bond donors (Lipinski definition) is 1. The number of carbonyl (C=O) groups is 1. The van der Waals surface area contributed by atoms with Gasteiger partial charge in [-0.3, -0.25) is 0 Å². The van der Waals surface area contributed by atoms with Crippen LogP contribution in [0.25, 0.3) is 0 Å². The molecule has 0 aliphatic rings. The van der Waals surface area contributed by atoms with E-state index in [1.165, 1.54) is 54.2 Å². The zero-order chi connectivity index (χ0) is 20.1. The molecule has 0 unspecified atom stereocenters. The maximum Gasteiger partial charge on any atom is 0.328 e. The summed E-state index contributed by atoms with van der Waals surface area (Å²) in [7, 11) is 0.459. The standard InChI is InChI=1S/C17H27NO7S/c1-8-25-16(19)15(18-26(20,21)17(2,3)4)11-9-13(23-6)14(24-7)10-12(11)22-5/h9-10,15,18H,8H2,1-7H3/t15-/m1/s1. The average Bonchev–Trinajstić information content (AvgIpc) is 2.57. The lowest BCUT2D eigenvalue weighted by Gasteiger charge is -2.26. The van der Waals surface area contributed by atoms with Crippen LogP contribution in [0.15, 0.2) is 12.1 Å². The van der Waals surface area contributed by atoms with E-state index < -0.39 is 26.8 Å². The van der Waals surface area contributed by atoms with Crippen LogP contribution in [0.3, 0.4) is 0 Å². The quantitative estimate of drug-likeness (QED) is 0.679. The number of sulfonamides is 1. The summed E-state index contributed by atoms with van der Waals surface area (Å²) in [5.41, 5.74) is 0.261. The van der Waals surface area contributed by atoms with E-state index in [-0.39, 0.29) is 17.9 Å². The normalized spacial score (nSPS) is 13.0. The molecule has 0 saturated carbocycles. The molecule has 0 aromatic heterocycles. The predicted molar refractivity (Wildman–Crippen MR) is 97.3 cm³/mol. The fourth-order valence-corrected chi connectivity index (χ4v) is 2.96. The molecule has 0 aliphatic heterocycles. The Kier molecular flexibility index (Phi) is 7.28. The Labute approximate surface area is 154 Å². The molecule has 8 nitrogen and oxygen atoms in total. The van der Waals surface area contributed by atoms with Gasteiger partial charge in [0.15, 0.2) is 11.5 Å². The Bertz CT molecular complexity index is 738. The van der Waals surface area contributed by atoms with Gasteiger partial charge in [0.2, 0.25) is 10.0 Å². The van der Waals surface area contributed by atoms with Gasteiger partial charge < -0.3 is 18.9 Å². The molecule has 9 heteroatoms. The van der Waals surface area contributed by atoms with Crippen molar-refractivity contribution in [2.75, 3.05) is 27.9 Å². The van der Waals surface area contributed by atoms with Crippen molar-refractivity contribution in [2.24, 2.45) is 0 Å². The van der Waals surface area contributed by atoms with E-state index in [0.29, 0.717) is 11.5 Å². The summed E-state index contributed by atoms with van der Waals surface area (Å²) < 4.78 is 47.3. The van der Waals surface area contributed by atoms with Crippen LogP contribution in [0.1, 0.15) is 39.3 Å². The molecule has 1 rings (SSSR count). The molecular formula is C17H27NO7S. The lowest BCUT2D eigenvalue weighted by Crippen LogP contribution is -2.44. The third-order valence-corrected chi connectivity index (χ3v) is 5.81. The van der Waals surface area contributed by atoms with E-state index in [1.54, 1.807) is 6.92 Å². The number of carbonyl (C=O) groups excluding carboxylic acids is 1. The monoisotopic (exact) mass is 389 g/mol. The van der Waals surface area contributed by atoms with Crippen LogP contribution in [0, 0.1) is 0 Å². The van der Waals surface area contributed by atoms with E-state index in [4.69, 9.17) is 18.9 Å². The average molecular weight is 389 g/mol. The SMILES string of the molecule is CCOC(=O)[C@H](NS(=O)(=O)C(C)(C)C)c1cc(OC)c(OC)cc1OC. The second-order valence-electron chi connectivity index (χ2n) is 6.37. The van der Waals surface area contributed by atoms with Crippen molar-refractivity contribution in [3.63, 3.8) is 0 Å². The van der Waals surface area contributed by atoms with Crippen molar-refractivity contribution in [2.45, 2.75) is 38.5 Å². The van der Waals surface area contributed by atoms with Gasteiger partial charge in [-0.25, -0.2) is 13.2 Å². The molecule has 1 aromatic rings. The van der Waals surface area contributed by atoms with Crippen LogP contribution in [0.2, 0.25) is 0 Å². The number of ether oxygens (including phenoxy) is 4. The number of methoxy groups -OCH3 is 3.